The number of carbonyl (C=O) groups excluding carboxylic acids is 2. The molecule has 1 atom stereocenters. The summed E-state index contributed by atoms with van der Waals surface area (Å²) >= 11 is 3.20. The molecule has 1 aliphatic rings. The first kappa shape index (κ1) is 28.5. The molecule has 3 aromatic carbocycles. The highest BCUT2D eigenvalue weighted by molar-refractivity contribution is 9.10. The van der Waals surface area contributed by atoms with Gasteiger partial charge in [-0.15, -0.1) is 0 Å². The average Bonchev–Trinajstić information content (AvgIpc) is 2.96. The molecule has 1 N–H and O–H groups in total. The molecule has 9 heteroatoms. The van der Waals surface area contributed by atoms with Crippen molar-refractivity contribution in [1.29, 1.82) is 0 Å². The van der Waals surface area contributed by atoms with Crippen molar-refractivity contribution in [3.63, 3.8) is 0 Å². The number of nitrogens with zero attached hydrogens (tertiary/aromatic N) is 1. The molecule has 0 spiro atoms. The first-order valence-electron chi connectivity index (χ1n) is 12.7. The number of aryl methyl sites for hydroxylation is 1. The smallest absolute Gasteiger partial charge is 0.311 e. The fraction of sp³-hybridized carbons (Fsp3) is 0.333. The molecular weight excluding hydrogens is 570 g/mol. The van der Waals surface area contributed by atoms with Gasteiger partial charge in [0.05, 0.1) is 24.7 Å². The van der Waals surface area contributed by atoms with E-state index in [0.717, 1.165) is 5.56 Å². The van der Waals surface area contributed by atoms with Crippen LogP contribution in [0.5, 0.6) is 11.5 Å². The molecule has 206 valence electrons. The van der Waals surface area contributed by atoms with Crippen molar-refractivity contribution in [2.75, 3.05) is 27.3 Å². The summed E-state index contributed by atoms with van der Waals surface area (Å²) in [5.41, 5.74) is 0.480. The van der Waals surface area contributed by atoms with E-state index in [1.54, 1.807) is 30.3 Å². The van der Waals surface area contributed by atoms with Crippen molar-refractivity contribution in [2.45, 2.75) is 37.4 Å². The van der Waals surface area contributed by atoms with Gasteiger partial charge in [0.25, 0.3) is 0 Å². The van der Waals surface area contributed by atoms with Crippen LogP contribution in [-0.2, 0) is 21.7 Å². The monoisotopic (exact) mass is 600 g/mol. The van der Waals surface area contributed by atoms with Gasteiger partial charge in [-0.1, -0.05) is 36.4 Å². The molecule has 0 aromatic heterocycles. The number of halogens is 3. The predicted octanol–water partition coefficient (Wildman–Crippen LogP) is 5.88. The van der Waals surface area contributed by atoms with Crippen LogP contribution in [0.1, 0.15) is 42.0 Å². The summed E-state index contributed by atoms with van der Waals surface area (Å²) in [6.07, 6.45) is 1.22. The Balaban J connectivity index is 1.44. The van der Waals surface area contributed by atoms with E-state index < -0.39 is 29.3 Å². The standard InChI is InChI=1S/C30H31BrF2N2O4/c1-38-23-17-22(18-24(19-23)39-2)30(33)12-14-35(15-13-30)29(37)28(36)34-27(11-8-20-6-4-3-5-7-20)21-9-10-26(32)25(31)16-21/h3-7,9-10,16-19,27H,8,11-15H2,1-2H3,(H,34,36). The number of alkyl halides is 1. The van der Waals surface area contributed by atoms with Crippen LogP contribution in [0.2, 0.25) is 0 Å². The number of hydrogen-bond acceptors (Lipinski definition) is 4. The number of rotatable bonds is 8. The lowest BCUT2D eigenvalue weighted by Gasteiger charge is -2.36. The van der Waals surface area contributed by atoms with Crippen molar-refractivity contribution in [2.24, 2.45) is 0 Å². The molecule has 0 aliphatic carbocycles. The highest BCUT2D eigenvalue weighted by atomic mass is 79.9. The lowest BCUT2D eigenvalue weighted by Crippen LogP contribution is -2.49. The van der Waals surface area contributed by atoms with Gasteiger partial charge in [0.2, 0.25) is 0 Å². The number of ether oxygens (including phenoxy) is 2. The molecule has 1 fully saturated rings. The van der Waals surface area contributed by atoms with Gasteiger partial charge in [-0.25, -0.2) is 8.78 Å². The van der Waals surface area contributed by atoms with Crippen molar-refractivity contribution in [1.82, 2.24) is 10.2 Å². The Kier molecular flexibility index (Phi) is 9.22. The lowest BCUT2D eigenvalue weighted by atomic mass is 9.86. The Morgan fingerprint density at radius 1 is 1.00 bits per heavy atom. The molecule has 3 aromatic rings. The normalized spacial score (nSPS) is 15.4. The SMILES string of the molecule is COc1cc(OC)cc(C2(F)CCN(C(=O)C(=O)NC(CCc3ccccc3)c3ccc(F)c(Br)c3)CC2)c1. The Morgan fingerprint density at radius 2 is 1.64 bits per heavy atom. The topological polar surface area (TPSA) is 67.9 Å². The van der Waals surface area contributed by atoms with Gasteiger partial charge in [-0.3, -0.25) is 9.59 Å². The second kappa shape index (κ2) is 12.6. The Hall–Kier alpha value is -3.46. The minimum Gasteiger partial charge on any atom is -0.497 e. The van der Waals surface area contributed by atoms with Crippen LogP contribution in [0, 0.1) is 5.82 Å². The maximum absolute atomic E-state index is 16.0. The van der Waals surface area contributed by atoms with Gasteiger partial charge in [0.1, 0.15) is 23.0 Å². The summed E-state index contributed by atoms with van der Waals surface area (Å²) in [5, 5.41) is 2.83. The van der Waals surface area contributed by atoms with Crippen LogP contribution in [-0.4, -0.2) is 44.0 Å². The maximum Gasteiger partial charge on any atom is 0.311 e. The summed E-state index contributed by atoms with van der Waals surface area (Å²) < 4.78 is 40.6. The Morgan fingerprint density at radius 3 is 2.23 bits per heavy atom. The quantitative estimate of drug-likeness (QED) is 0.328. The van der Waals surface area contributed by atoms with Crippen molar-refractivity contribution < 1.29 is 27.8 Å². The van der Waals surface area contributed by atoms with Crippen LogP contribution in [0.4, 0.5) is 8.78 Å². The van der Waals surface area contributed by atoms with Crippen molar-refractivity contribution in [3.8, 4) is 11.5 Å². The summed E-state index contributed by atoms with van der Waals surface area (Å²) in [6, 6.07) is 18.7. The van der Waals surface area contributed by atoms with Crippen LogP contribution in [0.3, 0.4) is 0 Å². The Bertz CT molecular complexity index is 1290. The molecule has 1 unspecified atom stereocenters. The number of likely N-dealkylation sites (tertiary alicyclic amines) is 1. The highest BCUT2D eigenvalue weighted by Crippen LogP contribution is 2.40. The molecule has 1 aliphatic heterocycles. The summed E-state index contributed by atoms with van der Waals surface area (Å²) in [4.78, 5) is 27.5. The zero-order chi connectivity index (χ0) is 28.0. The highest BCUT2D eigenvalue weighted by Gasteiger charge is 2.39. The minimum atomic E-state index is -1.69. The van der Waals surface area contributed by atoms with Gasteiger partial charge in [0, 0.05) is 32.0 Å². The van der Waals surface area contributed by atoms with Crippen molar-refractivity contribution in [3.05, 3.63) is 93.7 Å². The molecule has 0 saturated carbocycles. The van der Waals surface area contributed by atoms with Gasteiger partial charge in [-0.05, 0) is 69.7 Å². The molecular formula is C30H31BrF2N2O4. The molecule has 1 heterocycles. The number of carbonyl (C=O) groups is 2. The first-order valence-corrected chi connectivity index (χ1v) is 13.5. The van der Waals surface area contributed by atoms with E-state index in [-0.39, 0.29) is 30.4 Å². The molecule has 0 radical (unpaired) electrons. The average molecular weight is 601 g/mol. The fourth-order valence-electron chi connectivity index (χ4n) is 4.79. The molecule has 6 nitrogen and oxygen atoms in total. The second-order valence-electron chi connectivity index (χ2n) is 9.58. The zero-order valence-electron chi connectivity index (χ0n) is 21.9. The van der Waals surface area contributed by atoms with Gasteiger partial charge in [-0.2, -0.15) is 0 Å². The number of piperidine rings is 1. The number of benzene rings is 3. The molecule has 4 rings (SSSR count). The number of amides is 2. The predicted molar refractivity (Wildman–Crippen MR) is 148 cm³/mol. The van der Waals surface area contributed by atoms with E-state index in [0.29, 0.717) is 35.5 Å². The third kappa shape index (κ3) is 6.95. The lowest BCUT2D eigenvalue weighted by molar-refractivity contribution is -0.148. The van der Waals surface area contributed by atoms with Crippen LogP contribution >= 0.6 is 15.9 Å². The van der Waals surface area contributed by atoms with E-state index in [1.165, 1.54) is 25.2 Å². The van der Waals surface area contributed by atoms with E-state index >= 15 is 4.39 Å². The van der Waals surface area contributed by atoms with E-state index in [2.05, 4.69) is 21.2 Å². The van der Waals surface area contributed by atoms with Crippen LogP contribution < -0.4 is 14.8 Å². The molecule has 1 saturated heterocycles. The Labute approximate surface area is 235 Å². The molecule has 39 heavy (non-hydrogen) atoms. The summed E-state index contributed by atoms with van der Waals surface area (Å²) in [7, 11) is 3.00. The fourth-order valence-corrected chi connectivity index (χ4v) is 5.19. The third-order valence-corrected chi connectivity index (χ3v) is 7.73. The molecule has 0 bridgehead atoms. The van der Waals surface area contributed by atoms with E-state index in [9.17, 15) is 14.0 Å². The number of methoxy groups -OCH3 is 2. The van der Waals surface area contributed by atoms with Gasteiger partial charge < -0.3 is 19.7 Å². The molecule has 2 amide bonds. The number of hydrogen-bond donors (Lipinski definition) is 1. The van der Waals surface area contributed by atoms with E-state index in [1.807, 2.05) is 30.3 Å². The number of nitrogens with one attached hydrogen (secondary N) is 1. The maximum atomic E-state index is 16.0. The summed E-state index contributed by atoms with van der Waals surface area (Å²) in [5.74, 6) is -0.949. The zero-order valence-corrected chi connectivity index (χ0v) is 23.5. The second-order valence-corrected chi connectivity index (χ2v) is 10.4. The van der Waals surface area contributed by atoms with Gasteiger partial charge in [0.15, 0.2) is 0 Å². The van der Waals surface area contributed by atoms with Crippen LogP contribution in [0.15, 0.2) is 71.2 Å². The van der Waals surface area contributed by atoms with Crippen LogP contribution in [0.25, 0.3) is 0 Å². The van der Waals surface area contributed by atoms with Gasteiger partial charge >= 0.3 is 11.8 Å². The largest absolute Gasteiger partial charge is 0.497 e. The van der Waals surface area contributed by atoms with Crippen molar-refractivity contribution >= 4 is 27.7 Å². The third-order valence-electron chi connectivity index (χ3n) is 7.12. The van der Waals surface area contributed by atoms with E-state index in [4.69, 9.17) is 9.47 Å². The minimum absolute atomic E-state index is 0.0324. The first-order chi connectivity index (χ1) is 18.7. The summed E-state index contributed by atoms with van der Waals surface area (Å²) in [6.45, 7) is 0.165.